The summed E-state index contributed by atoms with van der Waals surface area (Å²) in [6.45, 7) is 0. The lowest BCUT2D eigenvalue weighted by molar-refractivity contribution is -0.138. The molecule has 0 aliphatic heterocycles. The molecule has 1 rings (SSSR count). The van der Waals surface area contributed by atoms with Crippen molar-refractivity contribution in [2.24, 2.45) is 5.73 Å². The van der Waals surface area contributed by atoms with Crippen LogP contribution in [0, 0.1) is 0 Å². The van der Waals surface area contributed by atoms with Gasteiger partial charge in [0.25, 0.3) is 0 Å². The van der Waals surface area contributed by atoms with Crippen molar-refractivity contribution in [2.45, 2.75) is 12.5 Å². The van der Waals surface area contributed by atoms with Crippen LogP contribution in [0.25, 0.3) is 0 Å². The Morgan fingerprint density at radius 1 is 1.44 bits per heavy atom. The lowest BCUT2D eigenvalue weighted by Crippen LogP contribution is -2.32. The van der Waals surface area contributed by atoms with Crippen molar-refractivity contribution in [3.05, 3.63) is 23.8 Å². The third kappa shape index (κ3) is 2.92. The number of aliphatic carboxylic acids is 1. The maximum Gasteiger partial charge on any atom is 0.352 e. The third-order valence-corrected chi connectivity index (χ3v) is 2.76. The fraction of sp³-hybridized carbons (Fsp3) is 0.222. The molecular weight excluding hydrogens is 233 g/mol. The topological polar surface area (TPSA) is 118 Å². The molecule has 86 valence electrons. The Hall–Kier alpha value is -1.65. The molecule has 0 fully saturated rings. The first-order chi connectivity index (χ1) is 7.41. The van der Waals surface area contributed by atoms with E-state index in [2.05, 4.69) is 0 Å². The zero-order valence-electron chi connectivity index (χ0n) is 8.16. The SMILES string of the molecule is N[C@@H](Cc1ccc(O)c(P(=O)=O)c1)C(=O)O. The van der Waals surface area contributed by atoms with Crippen LogP contribution in [0.2, 0.25) is 0 Å². The van der Waals surface area contributed by atoms with Gasteiger partial charge in [-0.1, -0.05) is 6.07 Å². The zero-order chi connectivity index (χ0) is 12.3. The van der Waals surface area contributed by atoms with Crippen LogP contribution in [0.1, 0.15) is 5.56 Å². The summed E-state index contributed by atoms with van der Waals surface area (Å²) in [5.41, 5.74) is 5.75. The molecule has 0 saturated heterocycles. The van der Waals surface area contributed by atoms with Crippen LogP contribution in [0.3, 0.4) is 0 Å². The van der Waals surface area contributed by atoms with Gasteiger partial charge in [0, 0.05) is 0 Å². The van der Waals surface area contributed by atoms with Crippen LogP contribution in [-0.2, 0) is 20.3 Å². The van der Waals surface area contributed by atoms with Gasteiger partial charge in [-0.2, -0.15) is 0 Å². The normalized spacial score (nSPS) is 12.1. The largest absolute Gasteiger partial charge is 0.507 e. The molecule has 6 nitrogen and oxygen atoms in total. The van der Waals surface area contributed by atoms with Crippen molar-refractivity contribution in [3.63, 3.8) is 0 Å². The molecular formula is C9H10NO5P. The van der Waals surface area contributed by atoms with E-state index in [0.29, 0.717) is 5.56 Å². The molecule has 16 heavy (non-hydrogen) atoms. The van der Waals surface area contributed by atoms with Gasteiger partial charge in [0.05, 0.1) is 0 Å². The fourth-order valence-electron chi connectivity index (χ4n) is 1.18. The van der Waals surface area contributed by atoms with E-state index < -0.39 is 19.7 Å². The van der Waals surface area contributed by atoms with Gasteiger partial charge in [-0.3, -0.25) is 4.79 Å². The highest BCUT2D eigenvalue weighted by Crippen LogP contribution is 2.17. The van der Waals surface area contributed by atoms with E-state index in [1.807, 2.05) is 0 Å². The molecule has 0 unspecified atom stereocenters. The number of nitrogens with two attached hydrogens (primary N) is 1. The highest BCUT2D eigenvalue weighted by atomic mass is 31.1. The maximum absolute atomic E-state index is 10.7. The Kier molecular flexibility index (Phi) is 3.82. The lowest BCUT2D eigenvalue weighted by Gasteiger charge is -2.06. The molecule has 0 radical (unpaired) electrons. The fourth-order valence-corrected chi connectivity index (χ4v) is 1.72. The second-order valence-electron chi connectivity index (χ2n) is 3.23. The van der Waals surface area contributed by atoms with Gasteiger partial charge in [-0.15, -0.1) is 0 Å². The minimum atomic E-state index is -2.91. The average molecular weight is 243 g/mol. The van der Waals surface area contributed by atoms with E-state index in [4.69, 9.17) is 10.8 Å². The Balaban J connectivity index is 3.00. The summed E-state index contributed by atoms with van der Waals surface area (Å²) in [7, 11) is -2.91. The molecule has 4 N–H and O–H groups in total. The molecule has 0 amide bonds. The van der Waals surface area contributed by atoms with Gasteiger partial charge in [0.15, 0.2) is 0 Å². The van der Waals surface area contributed by atoms with Gasteiger partial charge in [0.1, 0.15) is 17.1 Å². The highest BCUT2D eigenvalue weighted by Gasteiger charge is 2.14. The summed E-state index contributed by atoms with van der Waals surface area (Å²) in [5.74, 6) is -1.52. The Labute approximate surface area is 91.5 Å². The van der Waals surface area contributed by atoms with E-state index in [-0.39, 0.29) is 17.5 Å². The molecule has 1 aromatic carbocycles. The molecule has 0 aliphatic rings. The molecule has 0 saturated carbocycles. The number of carboxylic acids is 1. The summed E-state index contributed by atoms with van der Waals surface area (Å²) in [6, 6.07) is 2.75. The molecule has 0 heterocycles. The number of hydrogen-bond acceptors (Lipinski definition) is 5. The summed E-state index contributed by atoms with van der Waals surface area (Å²) < 4.78 is 21.4. The number of carbonyl (C=O) groups is 1. The Bertz CT molecular complexity index is 475. The third-order valence-electron chi connectivity index (χ3n) is 2.01. The van der Waals surface area contributed by atoms with Crippen molar-refractivity contribution in [1.82, 2.24) is 0 Å². The van der Waals surface area contributed by atoms with Crippen molar-refractivity contribution in [1.29, 1.82) is 0 Å². The summed E-state index contributed by atoms with van der Waals surface area (Å²) in [4.78, 5) is 10.5. The van der Waals surface area contributed by atoms with Crippen LogP contribution in [0.5, 0.6) is 5.75 Å². The summed E-state index contributed by atoms with van der Waals surface area (Å²) in [6.07, 6.45) is 0.00574. The molecule has 0 aromatic heterocycles. The first-order valence-electron chi connectivity index (χ1n) is 4.36. The minimum absolute atomic E-state index is 0.00574. The monoisotopic (exact) mass is 243 g/mol. The van der Waals surface area contributed by atoms with Crippen LogP contribution in [-0.4, -0.2) is 22.2 Å². The van der Waals surface area contributed by atoms with E-state index in [1.165, 1.54) is 18.2 Å². The van der Waals surface area contributed by atoms with Gasteiger partial charge in [-0.25, -0.2) is 9.13 Å². The second-order valence-corrected chi connectivity index (χ2v) is 4.23. The number of rotatable bonds is 4. The van der Waals surface area contributed by atoms with Crippen molar-refractivity contribution in [2.75, 3.05) is 0 Å². The van der Waals surface area contributed by atoms with Crippen LogP contribution in [0.15, 0.2) is 18.2 Å². The maximum atomic E-state index is 10.7. The van der Waals surface area contributed by atoms with E-state index in [1.54, 1.807) is 0 Å². The van der Waals surface area contributed by atoms with Crippen LogP contribution < -0.4 is 11.0 Å². The average Bonchev–Trinajstić information content (AvgIpc) is 2.20. The first kappa shape index (κ1) is 12.4. The predicted molar refractivity (Wildman–Crippen MR) is 55.3 cm³/mol. The van der Waals surface area contributed by atoms with Gasteiger partial charge >= 0.3 is 13.6 Å². The number of phenolic OH excluding ortho intramolecular Hbond substituents is 1. The van der Waals surface area contributed by atoms with Crippen molar-refractivity contribution < 1.29 is 24.1 Å². The van der Waals surface area contributed by atoms with Crippen molar-refractivity contribution in [3.8, 4) is 5.75 Å². The summed E-state index contributed by atoms with van der Waals surface area (Å²) in [5, 5.41) is 17.6. The molecule has 7 heteroatoms. The Morgan fingerprint density at radius 2 is 2.06 bits per heavy atom. The smallest absolute Gasteiger partial charge is 0.352 e. The predicted octanol–water partition coefficient (Wildman–Crippen LogP) is 0.145. The van der Waals surface area contributed by atoms with Gasteiger partial charge in [-0.05, 0) is 24.1 Å². The summed E-state index contributed by atoms with van der Waals surface area (Å²) >= 11 is 0. The molecule has 0 spiro atoms. The molecule has 1 atom stereocenters. The first-order valence-corrected chi connectivity index (χ1v) is 5.54. The van der Waals surface area contributed by atoms with Crippen molar-refractivity contribution >= 4 is 19.0 Å². The second kappa shape index (κ2) is 4.92. The van der Waals surface area contributed by atoms with Gasteiger partial charge in [0.2, 0.25) is 0 Å². The molecule has 1 aromatic rings. The molecule has 0 aliphatic carbocycles. The highest BCUT2D eigenvalue weighted by molar-refractivity contribution is 7.40. The van der Waals surface area contributed by atoms with E-state index in [9.17, 15) is 19.0 Å². The lowest BCUT2D eigenvalue weighted by atomic mass is 10.1. The number of benzene rings is 1. The minimum Gasteiger partial charge on any atom is -0.507 e. The number of phenols is 1. The van der Waals surface area contributed by atoms with Crippen LogP contribution >= 0.6 is 7.68 Å². The molecule has 0 bridgehead atoms. The standard InChI is InChI=1S/C9H10NO5P/c10-6(9(12)13)3-5-1-2-7(11)8(4-5)16(14)15/h1-2,4,6,11H,3,10H2,(H,12,13)/t6-/m0/s1. The van der Waals surface area contributed by atoms with Gasteiger partial charge < -0.3 is 15.9 Å². The number of carboxylic acid groups (broad SMARTS) is 1. The van der Waals surface area contributed by atoms with E-state index >= 15 is 0 Å². The van der Waals surface area contributed by atoms with Crippen LogP contribution in [0.4, 0.5) is 0 Å². The number of hydrogen-bond donors (Lipinski definition) is 3. The quantitative estimate of drug-likeness (QED) is 0.647. The van der Waals surface area contributed by atoms with E-state index in [0.717, 1.165) is 0 Å². The Morgan fingerprint density at radius 3 is 2.56 bits per heavy atom. The number of aromatic hydroxyl groups is 1. The zero-order valence-corrected chi connectivity index (χ0v) is 9.05.